The van der Waals surface area contributed by atoms with Gasteiger partial charge in [0.05, 0.1) is 28.0 Å². The molecule has 3 aliphatic rings. The van der Waals surface area contributed by atoms with Crippen molar-refractivity contribution in [3.8, 4) is 0 Å². The van der Waals surface area contributed by atoms with Gasteiger partial charge >= 0.3 is 11.7 Å². The molecule has 1 amide bonds. The molecule has 7 heteroatoms. The number of carbonyl (C=O) groups excluding carboxylic acids is 1. The molecule has 120 valence electrons. The molecule has 0 radical (unpaired) electrons. The number of benzene rings is 1. The van der Waals surface area contributed by atoms with Crippen LogP contribution < -0.4 is 4.90 Å². The average Bonchev–Trinajstić information content (AvgIpc) is 2.68. The van der Waals surface area contributed by atoms with Crippen LogP contribution in [-0.4, -0.2) is 21.5 Å². The lowest BCUT2D eigenvalue weighted by Gasteiger charge is -2.43. The molecule has 1 N–H and O–H groups in total. The van der Waals surface area contributed by atoms with E-state index in [4.69, 9.17) is 4.74 Å². The standard InChI is InChI=1S/C16H16N2O5/c1-8-7-15(2,3)17-13-10(8)6-11(18(21)22)9-4-5-23-16(20,12(9)13)14(17)19/h4-6,8,20H,7H2,1-3H3. The maximum Gasteiger partial charge on any atom is 0.318 e. The summed E-state index contributed by atoms with van der Waals surface area (Å²) >= 11 is 0. The Kier molecular flexibility index (Phi) is 2.42. The van der Waals surface area contributed by atoms with Crippen LogP contribution in [0.15, 0.2) is 12.3 Å². The summed E-state index contributed by atoms with van der Waals surface area (Å²) in [7, 11) is 0. The zero-order valence-corrected chi connectivity index (χ0v) is 13.0. The Hall–Kier alpha value is -2.41. The number of nitro benzene ring substituents is 1. The highest BCUT2D eigenvalue weighted by Gasteiger charge is 2.61. The molecule has 0 bridgehead atoms. The molecule has 2 unspecified atom stereocenters. The fourth-order valence-electron chi connectivity index (χ4n) is 4.17. The molecule has 2 atom stereocenters. The van der Waals surface area contributed by atoms with Gasteiger partial charge in [-0.1, -0.05) is 6.92 Å². The Morgan fingerprint density at radius 3 is 2.83 bits per heavy atom. The van der Waals surface area contributed by atoms with Gasteiger partial charge in [-0.2, -0.15) is 0 Å². The smallest absolute Gasteiger partial charge is 0.318 e. The number of nitro groups is 1. The summed E-state index contributed by atoms with van der Waals surface area (Å²) < 4.78 is 5.24. The maximum absolute atomic E-state index is 12.9. The van der Waals surface area contributed by atoms with Crippen LogP contribution in [0.3, 0.4) is 0 Å². The zero-order valence-electron chi connectivity index (χ0n) is 13.0. The van der Waals surface area contributed by atoms with Crippen LogP contribution in [0.2, 0.25) is 0 Å². The van der Waals surface area contributed by atoms with Gasteiger partial charge in [0.1, 0.15) is 0 Å². The highest BCUT2D eigenvalue weighted by molar-refractivity contribution is 6.10. The van der Waals surface area contributed by atoms with Crippen molar-refractivity contribution in [2.24, 2.45) is 0 Å². The van der Waals surface area contributed by atoms with Crippen LogP contribution in [0, 0.1) is 10.1 Å². The van der Waals surface area contributed by atoms with Crippen LogP contribution in [0.1, 0.15) is 49.8 Å². The van der Waals surface area contributed by atoms with E-state index < -0.39 is 22.2 Å². The molecule has 0 spiro atoms. The number of amides is 1. The van der Waals surface area contributed by atoms with Crippen LogP contribution in [0.4, 0.5) is 11.4 Å². The lowest BCUT2D eigenvalue weighted by molar-refractivity contribution is -0.385. The second kappa shape index (κ2) is 3.91. The Balaban J connectivity index is 2.16. The lowest BCUT2D eigenvalue weighted by atomic mass is 9.79. The van der Waals surface area contributed by atoms with Gasteiger partial charge in [0, 0.05) is 11.6 Å². The fourth-order valence-corrected chi connectivity index (χ4v) is 4.17. The van der Waals surface area contributed by atoms with Crippen molar-refractivity contribution in [1.29, 1.82) is 0 Å². The predicted octanol–water partition coefficient (Wildman–Crippen LogP) is 2.37. The Morgan fingerprint density at radius 2 is 2.17 bits per heavy atom. The third-order valence-corrected chi connectivity index (χ3v) is 5.02. The third kappa shape index (κ3) is 1.50. The van der Waals surface area contributed by atoms with Crippen LogP contribution in [-0.2, 0) is 15.3 Å². The summed E-state index contributed by atoms with van der Waals surface area (Å²) in [6.07, 6.45) is 3.23. The van der Waals surface area contributed by atoms with E-state index >= 15 is 0 Å². The largest absolute Gasteiger partial charge is 0.457 e. The minimum absolute atomic E-state index is 0.0290. The van der Waals surface area contributed by atoms with Crippen molar-refractivity contribution in [2.45, 2.75) is 44.4 Å². The van der Waals surface area contributed by atoms with Gasteiger partial charge in [-0.25, -0.2) is 0 Å². The molecule has 0 aliphatic carbocycles. The molecule has 1 aromatic carbocycles. The SMILES string of the molecule is CC1CC(C)(C)N2C(=O)C3(O)OC=Cc4c([N+](=O)[O-])cc1c2c43. The molecule has 0 saturated heterocycles. The summed E-state index contributed by atoms with van der Waals surface area (Å²) in [4.78, 5) is 25.4. The van der Waals surface area contributed by atoms with Crippen molar-refractivity contribution in [2.75, 3.05) is 4.90 Å². The van der Waals surface area contributed by atoms with Gasteiger partial charge in [0.25, 0.3) is 5.69 Å². The Bertz CT molecular complexity index is 813. The Labute approximate surface area is 132 Å². The number of carbonyl (C=O) groups is 1. The second-order valence-electron chi connectivity index (χ2n) is 7.00. The first-order chi connectivity index (χ1) is 10.7. The van der Waals surface area contributed by atoms with E-state index in [1.165, 1.54) is 17.0 Å². The minimum Gasteiger partial charge on any atom is -0.457 e. The van der Waals surface area contributed by atoms with Crippen molar-refractivity contribution in [3.63, 3.8) is 0 Å². The van der Waals surface area contributed by atoms with E-state index in [1.807, 2.05) is 20.8 Å². The molecule has 3 heterocycles. The summed E-state index contributed by atoms with van der Waals surface area (Å²) in [5.41, 5.74) is 1.09. The normalized spacial score (nSPS) is 29.3. The minimum atomic E-state index is -2.18. The molecule has 4 rings (SSSR count). The summed E-state index contributed by atoms with van der Waals surface area (Å²) in [5, 5.41) is 22.3. The average molecular weight is 316 g/mol. The van der Waals surface area contributed by atoms with Gasteiger partial charge in [-0.3, -0.25) is 19.8 Å². The summed E-state index contributed by atoms with van der Waals surface area (Å²) in [6.45, 7) is 5.82. The molecular weight excluding hydrogens is 300 g/mol. The number of nitrogens with zero attached hydrogens (tertiary/aromatic N) is 2. The third-order valence-electron chi connectivity index (χ3n) is 5.02. The molecule has 7 nitrogen and oxygen atoms in total. The number of rotatable bonds is 1. The van der Waals surface area contributed by atoms with E-state index in [0.717, 1.165) is 6.26 Å². The zero-order chi connectivity index (χ0) is 16.7. The first-order valence-corrected chi connectivity index (χ1v) is 7.45. The molecule has 3 aliphatic heterocycles. The molecule has 1 aromatic rings. The van der Waals surface area contributed by atoms with Gasteiger partial charge < -0.3 is 9.84 Å². The lowest BCUT2D eigenvalue weighted by Crippen LogP contribution is -2.53. The predicted molar refractivity (Wildman–Crippen MR) is 81.7 cm³/mol. The van der Waals surface area contributed by atoms with Crippen molar-refractivity contribution >= 4 is 23.4 Å². The van der Waals surface area contributed by atoms with Gasteiger partial charge in [-0.15, -0.1) is 0 Å². The number of ether oxygens (including phenoxy) is 1. The number of hydrogen-bond donors (Lipinski definition) is 1. The number of anilines is 1. The summed E-state index contributed by atoms with van der Waals surface area (Å²) in [6, 6.07) is 1.52. The van der Waals surface area contributed by atoms with E-state index in [1.54, 1.807) is 0 Å². The van der Waals surface area contributed by atoms with E-state index in [0.29, 0.717) is 17.7 Å². The number of aliphatic hydroxyl groups is 1. The number of hydrogen-bond acceptors (Lipinski definition) is 5. The maximum atomic E-state index is 12.9. The van der Waals surface area contributed by atoms with Crippen molar-refractivity contribution in [3.05, 3.63) is 39.1 Å². The molecule has 0 aromatic heterocycles. The van der Waals surface area contributed by atoms with Gasteiger partial charge in [0.15, 0.2) is 0 Å². The summed E-state index contributed by atoms with van der Waals surface area (Å²) in [5.74, 6) is -2.74. The molecule has 0 fully saturated rings. The second-order valence-corrected chi connectivity index (χ2v) is 7.00. The first kappa shape index (κ1) is 14.2. The molecule has 23 heavy (non-hydrogen) atoms. The highest BCUT2D eigenvalue weighted by atomic mass is 16.6. The highest BCUT2D eigenvalue weighted by Crippen LogP contribution is 2.57. The van der Waals surface area contributed by atoms with E-state index in [9.17, 15) is 20.0 Å². The van der Waals surface area contributed by atoms with Crippen LogP contribution in [0.25, 0.3) is 6.08 Å². The van der Waals surface area contributed by atoms with Gasteiger partial charge in [-0.05, 0) is 37.8 Å². The topological polar surface area (TPSA) is 92.9 Å². The van der Waals surface area contributed by atoms with Crippen LogP contribution in [0.5, 0.6) is 0 Å². The van der Waals surface area contributed by atoms with Crippen LogP contribution >= 0.6 is 0 Å². The quantitative estimate of drug-likeness (QED) is 0.634. The van der Waals surface area contributed by atoms with Crippen molar-refractivity contribution < 1.29 is 19.6 Å². The monoisotopic (exact) mass is 316 g/mol. The first-order valence-electron chi connectivity index (χ1n) is 7.45. The van der Waals surface area contributed by atoms with Crippen molar-refractivity contribution in [1.82, 2.24) is 0 Å². The fraction of sp³-hybridized carbons (Fsp3) is 0.438. The molecule has 0 saturated carbocycles. The van der Waals surface area contributed by atoms with Gasteiger partial charge in [0.2, 0.25) is 0 Å². The Morgan fingerprint density at radius 1 is 1.48 bits per heavy atom. The molecular formula is C16H16N2O5. The van der Waals surface area contributed by atoms with E-state index in [2.05, 4.69) is 0 Å². The van der Waals surface area contributed by atoms with E-state index in [-0.39, 0.29) is 22.7 Å².